The molecule has 0 radical (unpaired) electrons. The second-order valence-electron chi connectivity index (χ2n) is 5.07. The van der Waals surface area contributed by atoms with Crippen LogP contribution in [0, 0.1) is 18.8 Å². The molecular weight excluding hydrogens is 242 g/mol. The van der Waals surface area contributed by atoms with Crippen molar-refractivity contribution in [2.24, 2.45) is 11.8 Å². The van der Waals surface area contributed by atoms with Crippen LogP contribution in [0.2, 0.25) is 0 Å². The van der Waals surface area contributed by atoms with Gasteiger partial charge in [-0.1, -0.05) is 32.0 Å². The lowest BCUT2D eigenvalue weighted by Gasteiger charge is -2.21. The summed E-state index contributed by atoms with van der Waals surface area (Å²) in [4.78, 5) is 22.7. The van der Waals surface area contributed by atoms with Gasteiger partial charge in [-0.15, -0.1) is 0 Å². The van der Waals surface area contributed by atoms with E-state index in [9.17, 15) is 14.7 Å². The van der Waals surface area contributed by atoms with Gasteiger partial charge in [-0.3, -0.25) is 4.79 Å². The molecule has 4 nitrogen and oxygen atoms in total. The zero-order valence-corrected chi connectivity index (χ0v) is 11.6. The number of nitrogens with one attached hydrogen (secondary N) is 1. The predicted octanol–water partition coefficient (Wildman–Crippen LogP) is 1.74. The fraction of sp³-hybridized carbons (Fsp3) is 0.467. The SMILES string of the molecule is Cc1ccccc1NC(=O)CC[C@@H](C(=O)[O-])C(C)C. The summed E-state index contributed by atoms with van der Waals surface area (Å²) >= 11 is 0. The van der Waals surface area contributed by atoms with Crippen LogP contribution in [0.5, 0.6) is 0 Å². The lowest BCUT2D eigenvalue weighted by molar-refractivity contribution is -0.313. The fourth-order valence-corrected chi connectivity index (χ4v) is 1.94. The van der Waals surface area contributed by atoms with E-state index in [4.69, 9.17) is 0 Å². The van der Waals surface area contributed by atoms with Crippen LogP contribution < -0.4 is 10.4 Å². The maximum Gasteiger partial charge on any atom is 0.224 e. The van der Waals surface area contributed by atoms with E-state index in [2.05, 4.69) is 5.32 Å². The van der Waals surface area contributed by atoms with Crippen LogP contribution in [0.1, 0.15) is 32.3 Å². The molecular formula is C15H20NO3-. The highest BCUT2D eigenvalue weighted by Gasteiger charge is 2.16. The lowest BCUT2D eigenvalue weighted by Crippen LogP contribution is -2.35. The molecule has 1 amide bonds. The second-order valence-corrected chi connectivity index (χ2v) is 5.07. The minimum atomic E-state index is -1.08. The van der Waals surface area contributed by atoms with Crippen LogP contribution in [0.4, 0.5) is 5.69 Å². The Hall–Kier alpha value is -1.84. The number of hydrogen-bond donors (Lipinski definition) is 1. The van der Waals surface area contributed by atoms with Crippen molar-refractivity contribution >= 4 is 17.6 Å². The van der Waals surface area contributed by atoms with Gasteiger partial charge in [-0.2, -0.15) is 0 Å². The minimum Gasteiger partial charge on any atom is -0.550 e. The van der Waals surface area contributed by atoms with Gasteiger partial charge in [-0.05, 0) is 30.9 Å². The largest absolute Gasteiger partial charge is 0.550 e. The predicted molar refractivity (Wildman–Crippen MR) is 72.4 cm³/mol. The van der Waals surface area contributed by atoms with E-state index in [0.29, 0.717) is 6.42 Å². The lowest BCUT2D eigenvalue weighted by atomic mass is 9.91. The van der Waals surface area contributed by atoms with E-state index in [-0.39, 0.29) is 18.2 Å². The van der Waals surface area contributed by atoms with Gasteiger partial charge in [0, 0.05) is 24.0 Å². The molecule has 0 saturated carbocycles. The van der Waals surface area contributed by atoms with E-state index in [0.717, 1.165) is 11.3 Å². The van der Waals surface area contributed by atoms with Crippen LogP contribution in [0.3, 0.4) is 0 Å². The van der Waals surface area contributed by atoms with Crippen molar-refractivity contribution in [2.75, 3.05) is 5.32 Å². The van der Waals surface area contributed by atoms with E-state index in [1.54, 1.807) is 0 Å². The Labute approximate surface area is 113 Å². The number of carboxylic acid groups (broad SMARTS) is 1. The van der Waals surface area contributed by atoms with Gasteiger partial charge >= 0.3 is 0 Å². The van der Waals surface area contributed by atoms with E-state index < -0.39 is 11.9 Å². The number of carbonyl (C=O) groups is 2. The molecule has 0 fully saturated rings. The third kappa shape index (κ3) is 4.73. The first kappa shape index (κ1) is 15.2. The Balaban J connectivity index is 2.52. The van der Waals surface area contributed by atoms with Gasteiger partial charge in [0.1, 0.15) is 0 Å². The number of hydrogen-bond acceptors (Lipinski definition) is 3. The van der Waals surface area contributed by atoms with Crippen molar-refractivity contribution in [1.82, 2.24) is 0 Å². The molecule has 0 aromatic heterocycles. The number of carboxylic acids is 1. The van der Waals surface area contributed by atoms with E-state index in [1.807, 2.05) is 45.0 Å². The summed E-state index contributed by atoms with van der Waals surface area (Å²) < 4.78 is 0. The van der Waals surface area contributed by atoms with Crippen LogP contribution in [0.25, 0.3) is 0 Å². The molecule has 0 heterocycles. The van der Waals surface area contributed by atoms with Gasteiger partial charge in [0.25, 0.3) is 0 Å². The van der Waals surface area contributed by atoms with Crippen LogP contribution >= 0.6 is 0 Å². The number of para-hydroxylation sites is 1. The summed E-state index contributed by atoms with van der Waals surface area (Å²) in [5.74, 6) is -1.86. The number of amides is 1. The first-order chi connectivity index (χ1) is 8.91. The molecule has 4 heteroatoms. The van der Waals surface area contributed by atoms with Gasteiger partial charge in [0.05, 0.1) is 0 Å². The van der Waals surface area contributed by atoms with E-state index >= 15 is 0 Å². The number of aliphatic carboxylic acids is 1. The molecule has 104 valence electrons. The normalized spacial score (nSPS) is 12.2. The first-order valence-electron chi connectivity index (χ1n) is 6.48. The van der Waals surface area contributed by atoms with Crippen molar-refractivity contribution in [3.63, 3.8) is 0 Å². The molecule has 0 aliphatic carbocycles. The summed E-state index contributed by atoms with van der Waals surface area (Å²) in [6, 6.07) is 7.48. The van der Waals surface area contributed by atoms with E-state index in [1.165, 1.54) is 0 Å². The third-order valence-corrected chi connectivity index (χ3v) is 3.21. The molecule has 1 aromatic rings. The zero-order chi connectivity index (χ0) is 14.4. The van der Waals surface area contributed by atoms with Gasteiger partial charge in [0.2, 0.25) is 5.91 Å². The standard InChI is InChI=1S/C15H21NO3/c1-10(2)12(15(18)19)8-9-14(17)16-13-7-5-4-6-11(13)3/h4-7,10,12H,8-9H2,1-3H3,(H,16,17)(H,18,19)/p-1/t12-/m1/s1. The summed E-state index contributed by atoms with van der Waals surface area (Å²) in [6.45, 7) is 5.55. The minimum absolute atomic E-state index is 0.0312. The number of anilines is 1. The molecule has 0 aliphatic rings. The zero-order valence-electron chi connectivity index (χ0n) is 11.6. The summed E-state index contributed by atoms with van der Waals surface area (Å²) in [6.07, 6.45) is 0.489. The highest BCUT2D eigenvalue weighted by molar-refractivity contribution is 5.91. The number of benzene rings is 1. The molecule has 1 N–H and O–H groups in total. The smallest absolute Gasteiger partial charge is 0.224 e. The van der Waals surface area contributed by atoms with Gasteiger partial charge in [0.15, 0.2) is 0 Å². The first-order valence-corrected chi connectivity index (χ1v) is 6.48. The molecule has 0 bridgehead atoms. The summed E-state index contributed by atoms with van der Waals surface area (Å²) in [7, 11) is 0. The molecule has 0 spiro atoms. The van der Waals surface area contributed by atoms with Gasteiger partial charge < -0.3 is 15.2 Å². The maximum absolute atomic E-state index is 11.8. The van der Waals surface area contributed by atoms with Crippen LogP contribution in [-0.2, 0) is 9.59 Å². The van der Waals surface area contributed by atoms with Crippen molar-refractivity contribution in [2.45, 2.75) is 33.6 Å². The average Bonchev–Trinajstić information content (AvgIpc) is 2.31. The molecule has 1 aromatic carbocycles. The van der Waals surface area contributed by atoms with Crippen LogP contribution in [-0.4, -0.2) is 11.9 Å². The highest BCUT2D eigenvalue weighted by Crippen LogP contribution is 2.18. The quantitative estimate of drug-likeness (QED) is 0.849. The van der Waals surface area contributed by atoms with Crippen molar-refractivity contribution in [3.05, 3.63) is 29.8 Å². The average molecular weight is 262 g/mol. The Bertz CT molecular complexity index is 454. The molecule has 0 aliphatic heterocycles. The number of rotatable bonds is 6. The molecule has 1 rings (SSSR count). The molecule has 1 atom stereocenters. The van der Waals surface area contributed by atoms with Crippen molar-refractivity contribution < 1.29 is 14.7 Å². The Morgan fingerprint density at radius 1 is 1.26 bits per heavy atom. The molecule has 0 unspecified atom stereocenters. The van der Waals surface area contributed by atoms with Gasteiger partial charge in [-0.25, -0.2) is 0 Å². The number of aryl methyl sites for hydroxylation is 1. The Morgan fingerprint density at radius 2 is 1.89 bits per heavy atom. The third-order valence-electron chi connectivity index (χ3n) is 3.21. The van der Waals surface area contributed by atoms with Crippen molar-refractivity contribution in [1.29, 1.82) is 0 Å². The fourth-order valence-electron chi connectivity index (χ4n) is 1.94. The van der Waals surface area contributed by atoms with Crippen molar-refractivity contribution in [3.8, 4) is 0 Å². The highest BCUT2D eigenvalue weighted by atomic mass is 16.4. The molecule has 19 heavy (non-hydrogen) atoms. The monoisotopic (exact) mass is 262 g/mol. The Kier molecular flexibility index (Phi) is 5.55. The topological polar surface area (TPSA) is 69.2 Å². The number of carbonyl (C=O) groups excluding carboxylic acids is 2. The second kappa shape index (κ2) is 6.92. The Morgan fingerprint density at radius 3 is 2.42 bits per heavy atom. The summed E-state index contributed by atoms with van der Waals surface area (Å²) in [5, 5.41) is 13.7. The maximum atomic E-state index is 11.8. The summed E-state index contributed by atoms with van der Waals surface area (Å²) in [5.41, 5.74) is 1.75. The van der Waals surface area contributed by atoms with Crippen LogP contribution in [0.15, 0.2) is 24.3 Å². The molecule has 0 saturated heterocycles.